The van der Waals surface area contributed by atoms with Crippen molar-refractivity contribution in [1.82, 2.24) is 0 Å². The normalized spacial score (nSPS) is 11.1. The highest BCUT2D eigenvalue weighted by Crippen LogP contribution is 2.37. The van der Waals surface area contributed by atoms with Gasteiger partial charge >= 0.3 is 0 Å². The fraction of sp³-hybridized carbons (Fsp3) is 0. The van der Waals surface area contributed by atoms with Crippen LogP contribution in [0.25, 0.3) is 34.1 Å². The van der Waals surface area contributed by atoms with Crippen LogP contribution in [-0.2, 0) is 0 Å². The summed E-state index contributed by atoms with van der Waals surface area (Å²) in [6.45, 7) is 0. The van der Waals surface area contributed by atoms with Crippen LogP contribution >= 0.6 is 0 Å². The van der Waals surface area contributed by atoms with E-state index in [0.717, 1.165) is 39.7 Å². The molecule has 0 aliphatic carbocycles. The summed E-state index contributed by atoms with van der Waals surface area (Å²) in [6.07, 6.45) is 4.38. The van der Waals surface area contributed by atoms with Gasteiger partial charge in [-0.15, -0.1) is 0 Å². The number of fused-ring (bicyclic) bond motifs is 1. The van der Waals surface area contributed by atoms with Crippen molar-refractivity contribution in [1.29, 1.82) is 0 Å². The van der Waals surface area contributed by atoms with Gasteiger partial charge in [-0.1, -0.05) is 133 Å². The van der Waals surface area contributed by atoms with Crippen molar-refractivity contribution >= 4 is 57.0 Å². The summed E-state index contributed by atoms with van der Waals surface area (Å²) in [4.78, 5) is 4.59. The SMILES string of the molecule is C(=C\c1ccc2cc(-c3cccc(N(c4ccccc4)c4ccccc4)c3)ccc2c1)/c1ccc(N(c2ccccc2)c2ccccc2)cc1. The van der Waals surface area contributed by atoms with Crippen molar-refractivity contribution in [2.45, 2.75) is 0 Å². The molecule has 0 aliphatic rings. The molecule has 0 atom stereocenters. The number of rotatable bonds is 9. The van der Waals surface area contributed by atoms with Crippen LogP contribution in [0.15, 0.2) is 206 Å². The molecule has 2 heteroatoms. The Morgan fingerprint density at radius 1 is 0.260 bits per heavy atom. The lowest BCUT2D eigenvalue weighted by molar-refractivity contribution is 1.28. The van der Waals surface area contributed by atoms with Crippen molar-refractivity contribution in [3.63, 3.8) is 0 Å². The van der Waals surface area contributed by atoms with Gasteiger partial charge in [-0.2, -0.15) is 0 Å². The molecule has 8 rings (SSSR count). The van der Waals surface area contributed by atoms with Gasteiger partial charge in [0, 0.05) is 34.1 Å². The van der Waals surface area contributed by atoms with E-state index in [1.165, 1.54) is 27.5 Å². The van der Waals surface area contributed by atoms with Gasteiger partial charge in [0.1, 0.15) is 0 Å². The first kappa shape index (κ1) is 30.7. The van der Waals surface area contributed by atoms with E-state index in [2.05, 4.69) is 228 Å². The van der Waals surface area contributed by atoms with E-state index >= 15 is 0 Å². The van der Waals surface area contributed by atoms with Crippen LogP contribution in [0.5, 0.6) is 0 Å². The molecule has 0 radical (unpaired) electrons. The Morgan fingerprint density at radius 3 is 1.22 bits per heavy atom. The summed E-state index contributed by atoms with van der Waals surface area (Å²) in [5.41, 5.74) is 11.5. The van der Waals surface area contributed by atoms with E-state index in [-0.39, 0.29) is 0 Å². The number of nitrogens with zero attached hydrogens (tertiary/aromatic N) is 2. The first-order valence-electron chi connectivity index (χ1n) is 17.0. The van der Waals surface area contributed by atoms with Gasteiger partial charge in [-0.25, -0.2) is 0 Å². The predicted molar refractivity (Wildman–Crippen MR) is 214 cm³/mol. The van der Waals surface area contributed by atoms with Crippen LogP contribution in [0.4, 0.5) is 34.1 Å². The standard InChI is InChI=1S/C48H36N2/c1-5-15-43(16-6-1)49(44-17-7-2-8-18-44)47-32-27-37(28-33-47)24-25-38-26-29-41-35-42(31-30-40(41)34-38)39-14-13-23-48(36-39)50(45-19-9-3-10-20-45)46-21-11-4-12-22-46/h1-36H/b25-24+. The van der Waals surface area contributed by atoms with Gasteiger partial charge in [0.05, 0.1) is 0 Å². The number of para-hydroxylation sites is 4. The van der Waals surface area contributed by atoms with E-state index in [9.17, 15) is 0 Å². The van der Waals surface area contributed by atoms with Crippen LogP contribution in [0.3, 0.4) is 0 Å². The zero-order valence-electron chi connectivity index (χ0n) is 27.7. The molecule has 0 saturated heterocycles. The number of hydrogen-bond acceptors (Lipinski definition) is 2. The molecule has 8 aromatic carbocycles. The zero-order valence-corrected chi connectivity index (χ0v) is 27.7. The Kier molecular flexibility index (Phi) is 8.73. The predicted octanol–water partition coefficient (Wildman–Crippen LogP) is 13.6. The molecule has 0 bridgehead atoms. The van der Waals surface area contributed by atoms with Crippen molar-refractivity contribution < 1.29 is 0 Å². The summed E-state index contributed by atoms with van der Waals surface area (Å²) < 4.78 is 0. The Morgan fingerprint density at radius 2 is 0.660 bits per heavy atom. The molecule has 0 aliphatic heterocycles. The van der Waals surface area contributed by atoms with Crippen LogP contribution in [-0.4, -0.2) is 0 Å². The third-order valence-electron chi connectivity index (χ3n) is 8.98. The van der Waals surface area contributed by atoms with Gasteiger partial charge in [0.2, 0.25) is 0 Å². The topological polar surface area (TPSA) is 6.48 Å². The molecule has 238 valence electrons. The summed E-state index contributed by atoms with van der Waals surface area (Å²) >= 11 is 0. The summed E-state index contributed by atoms with van der Waals surface area (Å²) in [5.74, 6) is 0. The van der Waals surface area contributed by atoms with Crippen LogP contribution in [0.1, 0.15) is 11.1 Å². The minimum absolute atomic E-state index is 1.12. The van der Waals surface area contributed by atoms with Crippen LogP contribution in [0.2, 0.25) is 0 Å². The Bertz CT molecular complexity index is 2270. The van der Waals surface area contributed by atoms with Crippen molar-refractivity contribution in [2.24, 2.45) is 0 Å². The second kappa shape index (κ2) is 14.2. The highest BCUT2D eigenvalue weighted by atomic mass is 15.1. The van der Waals surface area contributed by atoms with Gasteiger partial charge < -0.3 is 9.80 Å². The Balaban J connectivity index is 1.03. The molecule has 0 aromatic heterocycles. The average molecular weight is 641 g/mol. The zero-order chi connectivity index (χ0) is 33.5. The molecule has 0 amide bonds. The first-order valence-corrected chi connectivity index (χ1v) is 17.0. The molecule has 0 fully saturated rings. The van der Waals surface area contributed by atoms with Gasteiger partial charge in [-0.3, -0.25) is 0 Å². The van der Waals surface area contributed by atoms with E-state index in [0.29, 0.717) is 0 Å². The van der Waals surface area contributed by atoms with Crippen LogP contribution < -0.4 is 9.80 Å². The Labute approximate surface area is 294 Å². The van der Waals surface area contributed by atoms with Crippen molar-refractivity contribution in [3.05, 3.63) is 217 Å². The Hall–Kier alpha value is -6.64. The van der Waals surface area contributed by atoms with E-state index in [1.807, 2.05) is 0 Å². The average Bonchev–Trinajstić information content (AvgIpc) is 3.19. The first-order chi connectivity index (χ1) is 24.8. The third-order valence-corrected chi connectivity index (χ3v) is 8.98. The largest absolute Gasteiger partial charge is 0.311 e. The molecule has 0 saturated carbocycles. The molecular weight excluding hydrogens is 605 g/mol. The van der Waals surface area contributed by atoms with Gasteiger partial charge in [0.25, 0.3) is 0 Å². The maximum Gasteiger partial charge on any atom is 0.0467 e. The maximum atomic E-state index is 2.30. The monoisotopic (exact) mass is 640 g/mol. The second-order valence-corrected chi connectivity index (χ2v) is 12.3. The van der Waals surface area contributed by atoms with Crippen molar-refractivity contribution in [2.75, 3.05) is 9.80 Å². The lowest BCUT2D eigenvalue weighted by atomic mass is 9.99. The lowest BCUT2D eigenvalue weighted by Gasteiger charge is -2.26. The molecular formula is C48H36N2. The molecule has 0 unspecified atom stereocenters. The van der Waals surface area contributed by atoms with Gasteiger partial charge in [0.15, 0.2) is 0 Å². The van der Waals surface area contributed by atoms with Crippen LogP contribution in [0, 0.1) is 0 Å². The van der Waals surface area contributed by atoms with Crippen molar-refractivity contribution in [3.8, 4) is 11.1 Å². The highest BCUT2D eigenvalue weighted by Gasteiger charge is 2.14. The third kappa shape index (κ3) is 6.69. The minimum Gasteiger partial charge on any atom is -0.311 e. The summed E-state index contributed by atoms with van der Waals surface area (Å²) in [5, 5.41) is 2.44. The fourth-order valence-corrected chi connectivity index (χ4v) is 6.50. The van der Waals surface area contributed by atoms with E-state index in [4.69, 9.17) is 0 Å². The lowest BCUT2D eigenvalue weighted by Crippen LogP contribution is -2.09. The second-order valence-electron chi connectivity index (χ2n) is 12.3. The molecule has 0 heterocycles. The van der Waals surface area contributed by atoms with Gasteiger partial charge in [-0.05, 0) is 118 Å². The van der Waals surface area contributed by atoms with E-state index in [1.54, 1.807) is 0 Å². The molecule has 50 heavy (non-hydrogen) atoms. The summed E-state index contributed by atoms with van der Waals surface area (Å²) in [6, 6.07) is 73.1. The number of benzene rings is 8. The summed E-state index contributed by atoms with van der Waals surface area (Å²) in [7, 11) is 0. The highest BCUT2D eigenvalue weighted by molar-refractivity contribution is 5.91. The molecule has 0 N–H and O–H groups in total. The molecule has 0 spiro atoms. The fourth-order valence-electron chi connectivity index (χ4n) is 6.50. The number of hydrogen-bond donors (Lipinski definition) is 0. The quantitative estimate of drug-likeness (QED) is 0.145. The smallest absolute Gasteiger partial charge is 0.0467 e. The maximum absolute atomic E-state index is 2.30. The molecule has 8 aromatic rings. The molecule has 2 nitrogen and oxygen atoms in total. The number of anilines is 6. The van der Waals surface area contributed by atoms with E-state index < -0.39 is 0 Å². The minimum atomic E-state index is 1.12.